The van der Waals surface area contributed by atoms with Crippen LogP contribution in [0.2, 0.25) is 0 Å². The third-order valence-corrected chi connectivity index (χ3v) is 3.23. The molecule has 20 heavy (non-hydrogen) atoms. The first-order chi connectivity index (χ1) is 9.49. The number of carbonyl (C=O) groups is 1. The van der Waals surface area contributed by atoms with E-state index in [2.05, 4.69) is 10.3 Å². The molecule has 1 aromatic rings. The first-order valence-electron chi connectivity index (χ1n) is 6.45. The molecule has 0 bridgehead atoms. The minimum atomic E-state index is -0.582. The molecule has 1 aromatic heterocycles. The molecule has 2 rings (SSSR count). The molecule has 0 spiro atoms. The van der Waals surface area contributed by atoms with Crippen molar-refractivity contribution < 1.29 is 9.72 Å². The van der Waals surface area contributed by atoms with Gasteiger partial charge in [-0.25, -0.2) is 4.98 Å². The Kier molecular flexibility index (Phi) is 4.02. The number of nitro groups is 1. The number of anilines is 2. The molecule has 1 atom stereocenters. The number of nitrogens with two attached hydrogens (primary N) is 1. The maximum Gasteiger partial charge on any atom is 0.311 e. The quantitative estimate of drug-likeness (QED) is 0.627. The van der Waals surface area contributed by atoms with E-state index in [0.29, 0.717) is 0 Å². The molecule has 0 radical (unpaired) electrons. The van der Waals surface area contributed by atoms with Gasteiger partial charge < -0.3 is 16.0 Å². The Morgan fingerprint density at radius 3 is 2.75 bits per heavy atom. The first-order valence-corrected chi connectivity index (χ1v) is 6.45. The number of likely N-dealkylation sites (tertiary alicyclic amines) is 1. The van der Waals surface area contributed by atoms with E-state index >= 15 is 0 Å². The summed E-state index contributed by atoms with van der Waals surface area (Å²) in [6.45, 7) is 3.13. The predicted molar refractivity (Wildman–Crippen MR) is 74.2 cm³/mol. The van der Waals surface area contributed by atoms with E-state index in [1.807, 2.05) is 0 Å². The zero-order chi connectivity index (χ0) is 14.7. The van der Waals surface area contributed by atoms with Crippen LogP contribution < -0.4 is 11.1 Å². The van der Waals surface area contributed by atoms with Gasteiger partial charge >= 0.3 is 5.69 Å². The molecule has 1 aliphatic rings. The average molecular weight is 279 g/mol. The third-order valence-electron chi connectivity index (χ3n) is 3.23. The summed E-state index contributed by atoms with van der Waals surface area (Å²) < 4.78 is 0. The lowest BCUT2D eigenvalue weighted by Gasteiger charge is -2.21. The van der Waals surface area contributed by atoms with Crippen LogP contribution in [0.1, 0.15) is 19.8 Å². The Labute approximate surface area is 116 Å². The minimum Gasteiger partial charge on any atom is -0.384 e. The molecule has 0 saturated carbocycles. The molecule has 8 heteroatoms. The number of amides is 1. The highest BCUT2D eigenvalue weighted by Crippen LogP contribution is 2.24. The molecule has 108 valence electrons. The highest BCUT2D eigenvalue weighted by atomic mass is 16.6. The van der Waals surface area contributed by atoms with Crippen molar-refractivity contribution in [2.45, 2.75) is 25.8 Å². The van der Waals surface area contributed by atoms with Gasteiger partial charge in [0.1, 0.15) is 11.9 Å². The van der Waals surface area contributed by atoms with Crippen LogP contribution in [0.5, 0.6) is 0 Å². The second-order valence-electron chi connectivity index (χ2n) is 4.76. The Balaban J connectivity index is 2.14. The number of pyridine rings is 1. The molecule has 2 heterocycles. The molecule has 1 aliphatic heterocycles. The van der Waals surface area contributed by atoms with Gasteiger partial charge in [0, 0.05) is 19.2 Å². The summed E-state index contributed by atoms with van der Waals surface area (Å²) in [5, 5.41) is 13.7. The van der Waals surface area contributed by atoms with E-state index in [1.165, 1.54) is 12.1 Å². The van der Waals surface area contributed by atoms with Crippen LogP contribution in [0.15, 0.2) is 12.1 Å². The van der Waals surface area contributed by atoms with Gasteiger partial charge in [0.05, 0.1) is 4.92 Å². The van der Waals surface area contributed by atoms with Gasteiger partial charge in [0.2, 0.25) is 11.7 Å². The molecule has 3 N–H and O–H groups in total. The first kappa shape index (κ1) is 14.0. The summed E-state index contributed by atoms with van der Waals surface area (Å²) in [4.78, 5) is 28.2. The zero-order valence-electron chi connectivity index (χ0n) is 11.2. The van der Waals surface area contributed by atoms with E-state index in [-0.39, 0.29) is 23.2 Å². The Morgan fingerprint density at radius 2 is 2.15 bits per heavy atom. The number of hydrogen-bond donors (Lipinski definition) is 2. The van der Waals surface area contributed by atoms with E-state index in [9.17, 15) is 14.9 Å². The maximum atomic E-state index is 12.2. The van der Waals surface area contributed by atoms with Crippen molar-refractivity contribution >= 4 is 23.2 Å². The molecule has 1 unspecified atom stereocenters. The van der Waals surface area contributed by atoms with Gasteiger partial charge in [-0.05, 0) is 25.8 Å². The van der Waals surface area contributed by atoms with E-state index in [0.717, 1.165) is 25.9 Å². The SMILES string of the molecule is CC(Nc1nc(N)ccc1[N+](=O)[O-])C(=O)N1CCCC1. The fraction of sp³-hybridized carbons (Fsp3) is 0.500. The van der Waals surface area contributed by atoms with Gasteiger partial charge in [0.25, 0.3) is 0 Å². The van der Waals surface area contributed by atoms with Crippen LogP contribution in [-0.2, 0) is 4.79 Å². The van der Waals surface area contributed by atoms with Crippen molar-refractivity contribution in [2.75, 3.05) is 24.1 Å². The smallest absolute Gasteiger partial charge is 0.311 e. The number of nitrogen functional groups attached to an aromatic ring is 1. The number of aromatic nitrogens is 1. The fourth-order valence-electron chi connectivity index (χ4n) is 2.20. The third kappa shape index (κ3) is 2.95. The van der Waals surface area contributed by atoms with Gasteiger partial charge in [-0.2, -0.15) is 0 Å². The Bertz CT molecular complexity index is 528. The summed E-state index contributed by atoms with van der Waals surface area (Å²) >= 11 is 0. The van der Waals surface area contributed by atoms with Crippen molar-refractivity contribution in [3.63, 3.8) is 0 Å². The monoisotopic (exact) mass is 279 g/mol. The van der Waals surface area contributed by atoms with Gasteiger partial charge in [-0.15, -0.1) is 0 Å². The summed E-state index contributed by atoms with van der Waals surface area (Å²) in [6.07, 6.45) is 1.99. The second-order valence-corrected chi connectivity index (χ2v) is 4.76. The number of hydrogen-bond acceptors (Lipinski definition) is 6. The molecule has 8 nitrogen and oxygen atoms in total. The lowest BCUT2D eigenvalue weighted by Crippen LogP contribution is -2.39. The Morgan fingerprint density at radius 1 is 1.50 bits per heavy atom. The molecular formula is C12H17N5O3. The number of rotatable bonds is 4. The molecule has 0 aromatic carbocycles. The van der Waals surface area contributed by atoms with Gasteiger partial charge in [-0.3, -0.25) is 14.9 Å². The predicted octanol–water partition coefficient (Wildman–Crippen LogP) is 0.995. The molecule has 0 aliphatic carbocycles. The standard InChI is InChI=1S/C12H17N5O3/c1-8(12(18)16-6-2-3-7-16)14-11-9(17(19)20)4-5-10(13)15-11/h4-5,8H,2-3,6-7H2,1H3,(H3,13,14,15). The van der Waals surface area contributed by atoms with Crippen LogP contribution in [0.4, 0.5) is 17.3 Å². The van der Waals surface area contributed by atoms with Gasteiger partial charge in [0.15, 0.2) is 0 Å². The minimum absolute atomic E-state index is 0.0232. The fourth-order valence-corrected chi connectivity index (χ4v) is 2.20. The number of nitrogens with one attached hydrogen (secondary N) is 1. The zero-order valence-corrected chi connectivity index (χ0v) is 11.2. The molecule has 1 saturated heterocycles. The van der Waals surface area contributed by atoms with Crippen LogP contribution in [-0.4, -0.2) is 39.8 Å². The summed E-state index contributed by atoms with van der Waals surface area (Å²) in [7, 11) is 0. The van der Waals surface area contributed by atoms with Crippen LogP contribution in [0.3, 0.4) is 0 Å². The number of carbonyl (C=O) groups excluding carboxylic acids is 1. The van der Waals surface area contributed by atoms with Crippen LogP contribution in [0, 0.1) is 10.1 Å². The van der Waals surface area contributed by atoms with Crippen LogP contribution >= 0.6 is 0 Å². The van der Waals surface area contributed by atoms with Gasteiger partial charge in [-0.1, -0.05) is 0 Å². The van der Waals surface area contributed by atoms with E-state index in [4.69, 9.17) is 5.73 Å². The van der Waals surface area contributed by atoms with Crippen molar-refractivity contribution in [3.05, 3.63) is 22.2 Å². The second kappa shape index (κ2) is 5.72. The molecule has 1 fully saturated rings. The lowest BCUT2D eigenvalue weighted by molar-refractivity contribution is -0.384. The van der Waals surface area contributed by atoms with E-state index in [1.54, 1.807) is 11.8 Å². The van der Waals surface area contributed by atoms with Crippen molar-refractivity contribution in [3.8, 4) is 0 Å². The lowest BCUT2D eigenvalue weighted by atomic mass is 10.2. The largest absolute Gasteiger partial charge is 0.384 e. The average Bonchev–Trinajstić information content (AvgIpc) is 2.91. The summed E-state index contributed by atoms with van der Waals surface area (Å²) in [6, 6.07) is 2.05. The molecular weight excluding hydrogens is 262 g/mol. The topological polar surface area (TPSA) is 114 Å². The van der Waals surface area contributed by atoms with Crippen LogP contribution in [0.25, 0.3) is 0 Å². The summed E-state index contributed by atoms with van der Waals surface area (Å²) in [5.41, 5.74) is 5.34. The van der Waals surface area contributed by atoms with Crippen molar-refractivity contribution in [1.82, 2.24) is 9.88 Å². The maximum absolute atomic E-state index is 12.2. The molecule has 1 amide bonds. The van der Waals surface area contributed by atoms with Crippen molar-refractivity contribution in [2.24, 2.45) is 0 Å². The number of nitrogens with zero attached hydrogens (tertiary/aromatic N) is 3. The highest BCUT2D eigenvalue weighted by Gasteiger charge is 2.25. The van der Waals surface area contributed by atoms with Crippen molar-refractivity contribution in [1.29, 1.82) is 0 Å². The van der Waals surface area contributed by atoms with E-state index < -0.39 is 11.0 Å². The normalized spacial score (nSPS) is 15.9. The Hall–Kier alpha value is -2.38. The summed E-state index contributed by atoms with van der Waals surface area (Å²) in [5.74, 6) is 0.106. The highest BCUT2D eigenvalue weighted by molar-refractivity contribution is 5.85.